The topological polar surface area (TPSA) is 61.4 Å². The highest BCUT2D eigenvalue weighted by Gasteiger charge is 2.35. The van der Waals surface area contributed by atoms with Crippen LogP contribution in [0.4, 0.5) is 14.9 Å². The van der Waals surface area contributed by atoms with Gasteiger partial charge in [-0.2, -0.15) is 0 Å². The Bertz CT molecular complexity index is 584. The monoisotopic (exact) mass is 333 g/mol. The van der Waals surface area contributed by atoms with Crippen molar-refractivity contribution in [2.75, 3.05) is 11.9 Å². The fraction of sp³-hybridized carbons (Fsp3) is 0.556. The number of likely N-dealkylation sites (tertiary alicyclic amines) is 1. The normalized spacial score (nSPS) is 21.5. The van der Waals surface area contributed by atoms with E-state index in [-0.39, 0.29) is 23.8 Å². The van der Waals surface area contributed by atoms with E-state index in [4.69, 9.17) is 0 Å². The molecule has 1 aromatic carbocycles. The van der Waals surface area contributed by atoms with Crippen LogP contribution < -0.4 is 10.6 Å². The number of hydrogen-bond acceptors (Lipinski definition) is 2. The minimum atomic E-state index is -0.460. The Kier molecular flexibility index (Phi) is 5.33. The van der Waals surface area contributed by atoms with Crippen molar-refractivity contribution in [2.24, 2.45) is 0 Å². The van der Waals surface area contributed by atoms with Crippen LogP contribution in [0.1, 0.15) is 44.9 Å². The molecule has 1 aliphatic carbocycles. The minimum Gasteiger partial charge on any atom is -0.335 e. The van der Waals surface area contributed by atoms with Gasteiger partial charge in [0.2, 0.25) is 5.91 Å². The van der Waals surface area contributed by atoms with Gasteiger partial charge in [-0.05, 0) is 49.9 Å². The van der Waals surface area contributed by atoms with E-state index >= 15 is 0 Å². The molecule has 2 N–H and O–H groups in total. The molecule has 2 fully saturated rings. The van der Waals surface area contributed by atoms with Crippen LogP contribution in [0, 0.1) is 5.82 Å². The number of urea groups is 1. The molecule has 130 valence electrons. The SMILES string of the molecule is O=C(Nc1ccc(F)cc1)C1CCCN1C(=O)NC1CCCCC1. The van der Waals surface area contributed by atoms with Crippen LogP contribution in [0.15, 0.2) is 24.3 Å². The second-order valence-electron chi connectivity index (χ2n) is 6.63. The molecule has 1 saturated heterocycles. The van der Waals surface area contributed by atoms with Crippen molar-refractivity contribution in [2.45, 2.75) is 57.0 Å². The molecule has 3 rings (SSSR count). The quantitative estimate of drug-likeness (QED) is 0.892. The number of carbonyl (C=O) groups excluding carboxylic acids is 2. The highest BCUT2D eigenvalue weighted by atomic mass is 19.1. The molecular weight excluding hydrogens is 309 g/mol. The van der Waals surface area contributed by atoms with E-state index in [0.717, 1.165) is 32.1 Å². The molecule has 1 heterocycles. The summed E-state index contributed by atoms with van der Waals surface area (Å²) in [4.78, 5) is 26.6. The van der Waals surface area contributed by atoms with Gasteiger partial charge in [-0.25, -0.2) is 9.18 Å². The molecule has 1 aromatic rings. The Morgan fingerprint density at radius 2 is 1.71 bits per heavy atom. The number of carbonyl (C=O) groups is 2. The number of amides is 3. The highest BCUT2D eigenvalue weighted by molar-refractivity contribution is 5.97. The molecule has 3 amide bonds. The average Bonchev–Trinajstić information content (AvgIpc) is 3.08. The molecule has 2 aliphatic rings. The zero-order valence-corrected chi connectivity index (χ0v) is 13.8. The number of nitrogens with one attached hydrogen (secondary N) is 2. The molecule has 5 nitrogen and oxygen atoms in total. The number of halogens is 1. The highest BCUT2D eigenvalue weighted by Crippen LogP contribution is 2.22. The van der Waals surface area contributed by atoms with Crippen LogP contribution in [0.2, 0.25) is 0 Å². The third kappa shape index (κ3) is 4.04. The zero-order valence-electron chi connectivity index (χ0n) is 13.8. The third-order valence-corrected chi connectivity index (χ3v) is 4.86. The van der Waals surface area contributed by atoms with Crippen LogP contribution in [0.25, 0.3) is 0 Å². The molecule has 24 heavy (non-hydrogen) atoms. The number of anilines is 1. The number of benzene rings is 1. The summed E-state index contributed by atoms with van der Waals surface area (Å²) in [5, 5.41) is 5.85. The Labute approximate surface area is 141 Å². The summed E-state index contributed by atoms with van der Waals surface area (Å²) in [5.74, 6) is -0.555. The van der Waals surface area contributed by atoms with Crippen LogP contribution in [-0.4, -0.2) is 35.5 Å². The molecule has 0 spiro atoms. The van der Waals surface area contributed by atoms with E-state index in [2.05, 4.69) is 10.6 Å². The summed E-state index contributed by atoms with van der Waals surface area (Å²) >= 11 is 0. The molecule has 0 aromatic heterocycles. The summed E-state index contributed by atoms with van der Waals surface area (Å²) < 4.78 is 12.9. The summed E-state index contributed by atoms with van der Waals surface area (Å²) in [5.41, 5.74) is 0.543. The van der Waals surface area contributed by atoms with E-state index < -0.39 is 6.04 Å². The Morgan fingerprint density at radius 1 is 1.00 bits per heavy atom. The standard InChI is InChI=1S/C18H24FN3O2/c19-13-8-10-15(11-9-13)20-17(23)16-7-4-12-22(16)18(24)21-14-5-2-1-3-6-14/h8-11,14,16H,1-7,12H2,(H,20,23)(H,21,24). The van der Waals surface area contributed by atoms with Crippen molar-refractivity contribution in [3.8, 4) is 0 Å². The molecule has 1 aliphatic heterocycles. The van der Waals surface area contributed by atoms with Gasteiger partial charge in [0.1, 0.15) is 11.9 Å². The first-order valence-corrected chi connectivity index (χ1v) is 8.77. The zero-order chi connectivity index (χ0) is 16.9. The van der Waals surface area contributed by atoms with E-state index in [0.29, 0.717) is 18.7 Å². The van der Waals surface area contributed by atoms with E-state index in [1.807, 2.05) is 0 Å². The Morgan fingerprint density at radius 3 is 2.42 bits per heavy atom. The third-order valence-electron chi connectivity index (χ3n) is 4.86. The van der Waals surface area contributed by atoms with Crippen LogP contribution >= 0.6 is 0 Å². The van der Waals surface area contributed by atoms with Crippen molar-refractivity contribution < 1.29 is 14.0 Å². The number of hydrogen-bond donors (Lipinski definition) is 2. The smallest absolute Gasteiger partial charge is 0.318 e. The maximum absolute atomic E-state index is 12.9. The summed E-state index contributed by atoms with van der Waals surface area (Å²) in [7, 11) is 0. The van der Waals surface area contributed by atoms with Gasteiger partial charge in [0, 0.05) is 18.3 Å². The largest absolute Gasteiger partial charge is 0.335 e. The number of rotatable bonds is 3. The van der Waals surface area contributed by atoms with Crippen LogP contribution in [0.3, 0.4) is 0 Å². The lowest BCUT2D eigenvalue weighted by Gasteiger charge is -2.29. The maximum Gasteiger partial charge on any atom is 0.318 e. The lowest BCUT2D eigenvalue weighted by atomic mass is 9.96. The summed E-state index contributed by atoms with van der Waals surface area (Å²) in [6.07, 6.45) is 7.06. The molecular formula is C18H24FN3O2. The minimum absolute atomic E-state index is 0.140. The predicted octanol–water partition coefficient (Wildman–Crippen LogP) is 3.27. The Balaban J connectivity index is 1.58. The fourth-order valence-corrected chi connectivity index (χ4v) is 3.55. The average molecular weight is 333 g/mol. The first-order valence-electron chi connectivity index (χ1n) is 8.77. The first kappa shape index (κ1) is 16.7. The van der Waals surface area contributed by atoms with Gasteiger partial charge in [-0.3, -0.25) is 4.79 Å². The summed E-state index contributed by atoms with van der Waals surface area (Å²) in [6, 6.07) is 5.28. The van der Waals surface area contributed by atoms with Crippen molar-refractivity contribution in [1.82, 2.24) is 10.2 Å². The van der Waals surface area contributed by atoms with Gasteiger partial charge < -0.3 is 15.5 Å². The molecule has 1 saturated carbocycles. The molecule has 0 bridgehead atoms. The summed E-state index contributed by atoms with van der Waals surface area (Å²) in [6.45, 7) is 0.597. The maximum atomic E-state index is 12.9. The molecule has 0 radical (unpaired) electrons. The van der Waals surface area contributed by atoms with Gasteiger partial charge in [0.15, 0.2) is 0 Å². The van der Waals surface area contributed by atoms with Crippen molar-refractivity contribution in [3.05, 3.63) is 30.1 Å². The molecule has 1 atom stereocenters. The van der Waals surface area contributed by atoms with Gasteiger partial charge >= 0.3 is 6.03 Å². The fourth-order valence-electron chi connectivity index (χ4n) is 3.55. The first-order chi connectivity index (χ1) is 11.6. The Hall–Kier alpha value is -2.11. The lowest BCUT2D eigenvalue weighted by Crippen LogP contribution is -2.50. The van der Waals surface area contributed by atoms with Gasteiger partial charge in [-0.1, -0.05) is 19.3 Å². The van der Waals surface area contributed by atoms with Crippen LogP contribution in [-0.2, 0) is 4.79 Å². The van der Waals surface area contributed by atoms with Gasteiger partial charge in [-0.15, -0.1) is 0 Å². The van der Waals surface area contributed by atoms with Crippen molar-refractivity contribution in [3.63, 3.8) is 0 Å². The van der Waals surface area contributed by atoms with Crippen LogP contribution in [0.5, 0.6) is 0 Å². The van der Waals surface area contributed by atoms with Gasteiger partial charge in [0.25, 0.3) is 0 Å². The van der Waals surface area contributed by atoms with Gasteiger partial charge in [0.05, 0.1) is 0 Å². The molecule has 1 unspecified atom stereocenters. The number of nitrogens with zero attached hydrogens (tertiary/aromatic N) is 1. The van der Waals surface area contributed by atoms with E-state index in [9.17, 15) is 14.0 Å². The van der Waals surface area contributed by atoms with E-state index in [1.54, 1.807) is 4.90 Å². The van der Waals surface area contributed by atoms with Crippen molar-refractivity contribution in [1.29, 1.82) is 0 Å². The van der Waals surface area contributed by atoms with Crippen molar-refractivity contribution >= 4 is 17.6 Å². The second-order valence-corrected chi connectivity index (χ2v) is 6.63. The second kappa shape index (κ2) is 7.64. The van der Waals surface area contributed by atoms with E-state index in [1.165, 1.54) is 30.7 Å². The molecule has 6 heteroatoms. The predicted molar refractivity (Wildman–Crippen MR) is 90.2 cm³/mol. The lowest BCUT2D eigenvalue weighted by molar-refractivity contribution is -0.119.